The van der Waals surface area contributed by atoms with Crippen LogP contribution in [0.25, 0.3) is 0 Å². The van der Waals surface area contributed by atoms with Crippen LogP contribution in [0, 0.1) is 0 Å². The second kappa shape index (κ2) is 5.86. The van der Waals surface area contributed by atoms with Crippen molar-refractivity contribution in [2.45, 2.75) is 18.1 Å². The highest BCUT2D eigenvalue weighted by Gasteiger charge is 2.11. The van der Waals surface area contributed by atoms with E-state index >= 15 is 0 Å². The van der Waals surface area contributed by atoms with Gasteiger partial charge in [-0.1, -0.05) is 0 Å². The number of nitrogens with one attached hydrogen (secondary N) is 2. The third-order valence-electron chi connectivity index (χ3n) is 1.99. The monoisotopic (exact) mass is 174 g/mol. The molecular weight excluding hydrogens is 156 g/mol. The zero-order valence-electron chi connectivity index (χ0n) is 7.23. The molecule has 2 nitrogen and oxygen atoms in total. The van der Waals surface area contributed by atoms with E-state index in [-0.39, 0.29) is 0 Å². The summed E-state index contributed by atoms with van der Waals surface area (Å²) in [6.45, 7) is 3.59. The maximum Gasteiger partial charge on any atom is 0.00716 e. The Balaban J connectivity index is 1.96. The molecule has 0 radical (unpaired) electrons. The molecule has 1 rings (SSSR count). The molecule has 11 heavy (non-hydrogen) atoms. The maximum atomic E-state index is 3.38. The summed E-state index contributed by atoms with van der Waals surface area (Å²) < 4.78 is 0. The van der Waals surface area contributed by atoms with E-state index in [2.05, 4.69) is 22.4 Å². The van der Waals surface area contributed by atoms with Crippen LogP contribution in [0.2, 0.25) is 0 Å². The Hall–Kier alpha value is 0.270. The minimum atomic E-state index is 0.921. The van der Waals surface area contributed by atoms with Crippen LogP contribution in [-0.2, 0) is 0 Å². The lowest BCUT2D eigenvalue weighted by molar-refractivity contribution is 0.531. The van der Waals surface area contributed by atoms with Crippen LogP contribution in [0.15, 0.2) is 0 Å². The Labute approximate surface area is 73.5 Å². The molecular formula is C8H18N2S. The van der Waals surface area contributed by atoms with Crippen LogP contribution >= 0.6 is 11.8 Å². The van der Waals surface area contributed by atoms with Crippen molar-refractivity contribution in [2.75, 3.05) is 32.4 Å². The molecule has 2 N–H and O–H groups in total. The summed E-state index contributed by atoms with van der Waals surface area (Å²) in [6, 6.07) is 0. The maximum absolute atomic E-state index is 3.38. The van der Waals surface area contributed by atoms with Crippen LogP contribution in [0.3, 0.4) is 0 Å². The fraction of sp³-hybridized carbons (Fsp3) is 1.00. The molecule has 66 valence electrons. The summed E-state index contributed by atoms with van der Waals surface area (Å²) in [7, 11) is 2.02. The average molecular weight is 174 g/mol. The second-order valence-corrected chi connectivity index (χ2v) is 4.33. The van der Waals surface area contributed by atoms with Gasteiger partial charge in [-0.2, -0.15) is 11.8 Å². The van der Waals surface area contributed by atoms with Crippen molar-refractivity contribution in [3.8, 4) is 0 Å². The summed E-state index contributed by atoms with van der Waals surface area (Å²) >= 11 is 2.12. The van der Waals surface area contributed by atoms with E-state index in [0.29, 0.717) is 0 Å². The lowest BCUT2D eigenvalue weighted by atomic mass is 10.2. The Morgan fingerprint density at radius 3 is 2.82 bits per heavy atom. The lowest BCUT2D eigenvalue weighted by Gasteiger charge is -2.21. The van der Waals surface area contributed by atoms with Crippen LogP contribution in [0.5, 0.6) is 0 Å². The summed E-state index contributed by atoms with van der Waals surface area (Å²) in [6.07, 6.45) is 2.71. The van der Waals surface area contributed by atoms with Gasteiger partial charge < -0.3 is 10.6 Å². The van der Waals surface area contributed by atoms with Crippen molar-refractivity contribution in [2.24, 2.45) is 0 Å². The normalized spacial score (nSPS) is 20.5. The summed E-state index contributed by atoms with van der Waals surface area (Å²) in [5, 5.41) is 7.47. The number of thioether (sulfide) groups is 1. The first kappa shape index (κ1) is 9.36. The Morgan fingerprint density at radius 1 is 1.45 bits per heavy atom. The van der Waals surface area contributed by atoms with Crippen molar-refractivity contribution < 1.29 is 0 Å². The first-order valence-corrected chi connectivity index (χ1v) is 5.45. The molecule has 0 aromatic rings. The quantitative estimate of drug-likeness (QED) is 0.613. The highest BCUT2D eigenvalue weighted by atomic mass is 32.2. The predicted octanol–water partition coefficient (Wildman–Crippen LogP) is 0.691. The van der Waals surface area contributed by atoms with E-state index in [1.807, 2.05) is 7.05 Å². The van der Waals surface area contributed by atoms with Gasteiger partial charge in [-0.3, -0.25) is 0 Å². The van der Waals surface area contributed by atoms with Crippen LogP contribution in [0.4, 0.5) is 0 Å². The lowest BCUT2D eigenvalue weighted by Crippen LogP contribution is -2.29. The van der Waals surface area contributed by atoms with Crippen LogP contribution in [-0.4, -0.2) is 37.7 Å². The Morgan fingerprint density at radius 2 is 2.18 bits per heavy atom. The zero-order valence-corrected chi connectivity index (χ0v) is 8.04. The Bertz CT molecular complexity index is 92.1. The summed E-state index contributed by atoms with van der Waals surface area (Å²) in [4.78, 5) is 0. The van der Waals surface area contributed by atoms with Gasteiger partial charge >= 0.3 is 0 Å². The van der Waals surface area contributed by atoms with Gasteiger partial charge in [0.2, 0.25) is 0 Å². The van der Waals surface area contributed by atoms with Gasteiger partial charge in [0.05, 0.1) is 0 Å². The molecule has 0 saturated carbocycles. The van der Waals surface area contributed by atoms with Crippen LogP contribution < -0.4 is 10.6 Å². The molecule has 3 heteroatoms. The van der Waals surface area contributed by atoms with Crippen molar-refractivity contribution in [1.29, 1.82) is 0 Å². The van der Waals surface area contributed by atoms with Gasteiger partial charge in [-0.05, 0) is 33.0 Å². The highest BCUT2D eigenvalue weighted by molar-refractivity contribution is 7.99. The zero-order chi connectivity index (χ0) is 7.94. The van der Waals surface area contributed by atoms with E-state index in [4.69, 9.17) is 0 Å². The van der Waals surface area contributed by atoms with E-state index in [1.165, 1.54) is 31.7 Å². The van der Waals surface area contributed by atoms with Gasteiger partial charge in [0.15, 0.2) is 0 Å². The smallest absolute Gasteiger partial charge is 0.00716 e. The Kier molecular flexibility index (Phi) is 4.99. The topological polar surface area (TPSA) is 24.1 Å². The molecule has 0 aromatic carbocycles. The van der Waals surface area contributed by atoms with Crippen molar-refractivity contribution in [1.82, 2.24) is 10.6 Å². The molecule has 0 aromatic heterocycles. The number of hydrogen-bond donors (Lipinski definition) is 2. The average Bonchev–Trinajstić information content (AvgIpc) is 2.07. The molecule has 0 aliphatic carbocycles. The predicted molar refractivity (Wildman–Crippen MR) is 52.3 cm³/mol. The summed E-state index contributed by atoms with van der Waals surface area (Å²) in [5.41, 5.74) is 0. The SMILES string of the molecule is CNCCSC1CCNCC1. The van der Waals surface area contributed by atoms with E-state index in [9.17, 15) is 0 Å². The molecule has 1 aliphatic heterocycles. The number of piperidine rings is 1. The molecule has 0 atom stereocenters. The van der Waals surface area contributed by atoms with Crippen LogP contribution in [0.1, 0.15) is 12.8 Å². The number of hydrogen-bond acceptors (Lipinski definition) is 3. The van der Waals surface area contributed by atoms with Gasteiger partial charge in [0.1, 0.15) is 0 Å². The van der Waals surface area contributed by atoms with E-state index < -0.39 is 0 Å². The summed E-state index contributed by atoms with van der Waals surface area (Å²) in [5.74, 6) is 1.27. The molecule has 1 aliphatic rings. The molecule has 0 spiro atoms. The van der Waals surface area contributed by atoms with E-state index in [1.54, 1.807) is 0 Å². The largest absolute Gasteiger partial charge is 0.319 e. The van der Waals surface area contributed by atoms with Crippen molar-refractivity contribution in [3.05, 3.63) is 0 Å². The fourth-order valence-corrected chi connectivity index (χ4v) is 2.51. The third kappa shape index (κ3) is 3.99. The van der Waals surface area contributed by atoms with Gasteiger partial charge in [0, 0.05) is 17.5 Å². The highest BCUT2D eigenvalue weighted by Crippen LogP contribution is 2.18. The molecule has 0 bridgehead atoms. The minimum Gasteiger partial charge on any atom is -0.319 e. The first-order valence-electron chi connectivity index (χ1n) is 4.40. The van der Waals surface area contributed by atoms with Crippen molar-refractivity contribution >= 4 is 11.8 Å². The molecule has 1 heterocycles. The van der Waals surface area contributed by atoms with Crippen molar-refractivity contribution in [3.63, 3.8) is 0 Å². The minimum absolute atomic E-state index is 0.921. The fourth-order valence-electron chi connectivity index (χ4n) is 1.29. The third-order valence-corrected chi connectivity index (χ3v) is 3.37. The standard InChI is InChI=1S/C8H18N2S/c1-9-6-7-11-8-2-4-10-5-3-8/h8-10H,2-7H2,1H3. The second-order valence-electron chi connectivity index (χ2n) is 2.92. The van der Waals surface area contributed by atoms with Gasteiger partial charge in [0.25, 0.3) is 0 Å². The van der Waals surface area contributed by atoms with E-state index in [0.717, 1.165) is 11.8 Å². The molecule has 0 unspecified atom stereocenters. The first-order chi connectivity index (χ1) is 5.43. The number of rotatable bonds is 4. The van der Waals surface area contributed by atoms with Gasteiger partial charge in [-0.25, -0.2) is 0 Å². The molecule has 0 amide bonds. The molecule has 1 saturated heterocycles. The molecule has 1 fully saturated rings. The van der Waals surface area contributed by atoms with Gasteiger partial charge in [-0.15, -0.1) is 0 Å².